The number of Topliss-reactive ketones (excluding diaryl/α,β-unsaturated/α-hetero) is 1. The fourth-order valence-electron chi connectivity index (χ4n) is 3.29. The molecule has 0 aromatic carbocycles. The van der Waals surface area contributed by atoms with E-state index in [0.29, 0.717) is 12.8 Å². The summed E-state index contributed by atoms with van der Waals surface area (Å²) in [6.45, 7) is 3.50. The van der Waals surface area contributed by atoms with Crippen LogP contribution in [0.2, 0.25) is 0 Å². The van der Waals surface area contributed by atoms with E-state index in [0.717, 1.165) is 18.5 Å². The van der Waals surface area contributed by atoms with E-state index in [-0.39, 0.29) is 13.2 Å². The van der Waals surface area contributed by atoms with Crippen molar-refractivity contribution in [3.63, 3.8) is 0 Å². The first-order valence-electron chi connectivity index (χ1n) is 8.08. The molecule has 1 N–H and O–H groups in total. The number of ketones is 1. The molecule has 2 rings (SSSR count). The minimum absolute atomic E-state index is 0.109. The summed E-state index contributed by atoms with van der Waals surface area (Å²) in [4.78, 5) is 40.7. The van der Waals surface area contributed by atoms with Crippen LogP contribution in [0.15, 0.2) is 18.3 Å². The highest BCUT2D eigenvalue weighted by Gasteiger charge is 2.51. The SMILES string of the molecule is CCOC(=O)C(C(=O)OCC)C(=O)C1(c2ccc[nH]2)CCCC1. The van der Waals surface area contributed by atoms with E-state index in [2.05, 4.69) is 4.98 Å². The van der Waals surface area contributed by atoms with E-state index in [4.69, 9.17) is 9.47 Å². The summed E-state index contributed by atoms with van der Waals surface area (Å²) in [6, 6.07) is 3.64. The van der Waals surface area contributed by atoms with Gasteiger partial charge < -0.3 is 14.5 Å². The van der Waals surface area contributed by atoms with Crippen LogP contribution in [-0.4, -0.2) is 35.9 Å². The third kappa shape index (κ3) is 3.30. The van der Waals surface area contributed by atoms with Crippen LogP contribution in [0.25, 0.3) is 0 Å². The van der Waals surface area contributed by atoms with Crippen LogP contribution in [0.5, 0.6) is 0 Å². The van der Waals surface area contributed by atoms with Crippen LogP contribution in [0.4, 0.5) is 0 Å². The number of hydrogen-bond donors (Lipinski definition) is 1. The van der Waals surface area contributed by atoms with Crippen molar-refractivity contribution < 1.29 is 23.9 Å². The molecule has 0 bridgehead atoms. The molecule has 0 amide bonds. The predicted octanol–water partition coefficient (Wildman–Crippen LogP) is 2.14. The molecule has 1 aliphatic carbocycles. The van der Waals surface area contributed by atoms with Crippen molar-refractivity contribution >= 4 is 17.7 Å². The number of carbonyl (C=O) groups is 3. The maximum absolute atomic E-state index is 13.2. The van der Waals surface area contributed by atoms with Gasteiger partial charge in [0.15, 0.2) is 5.78 Å². The van der Waals surface area contributed by atoms with Gasteiger partial charge in [0.05, 0.1) is 18.6 Å². The molecule has 1 saturated carbocycles. The highest BCUT2D eigenvalue weighted by atomic mass is 16.6. The second-order valence-corrected chi connectivity index (χ2v) is 5.67. The summed E-state index contributed by atoms with van der Waals surface area (Å²) in [7, 11) is 0. The Bertz CT molecular complexity index is 540. The Labute approximate surface area is 135 Å². The Balaban J connectivity index is 2.37. The quantitative estimate of drug-likeness (QED) is 0.614. The van der Waals surface area contributed by atoms with Gasteiger partial charge in [-0.1, -0.05) is 12.8 Å². The first-order chi connectivity index (χ1) is 11.1. The lowest BCUT2D eigenvalue weighted by atomic mass is 9.73. The minimum Gasteiger partial charge on any atom is -0.465 e. The third-order valence-corrected chi connectivity index (χ3v) is 4.35. The van der Waals surface area contributed by atoms with Crippen molar-refractivity contribution in [2.24, 2.45) is 5.92 Å². The summed E-state index contributed by atoms with van der Waals surface area (Å²) in [5, 5.41) is 0. The van der Waals surface area contributed by atoms with E-state index >= 15 is 0 Å². The lowest BCUT2D eigenvalue weighted by Crippen LogP contribution is -2.46. The minimum atomic E-state index is -1.52. The molecule has 0 radical (unpaired) electrons. The molecular weight excluding hydrogens is 298 g/mol. The highest BCUT2D eigenvalue weighted by Crippen LogP contribution is 2.43. The van der Waals surface area contributed by atoms with E-state index in [9.17, 15) is 14.4 Å². The molecular formula is C17H23NO5. The molecule has 1 aromatic rings. The molecule has 0 saturated heterocycles. The normalized spacial score (nSPS) is 16.3. The second-order valence-electron chi connectivity index (χ2n) is 5.67. The zero-order valence-corrected chi connectivity index (χ0v) is 13.6. The molecule has 126 valence electrons. The smallest absolute Gasteiger partial charge is 0.328 e. The molecule has 0 aliphatic heterocycles. The zero-order valence-electron chi connectivity index (χ0n) is 13.6. The van der Waals surface area contributed by atoms with Crippen molar-refractivity contribution in [3.8, 4) is 0 Å². The number of aromatic amines is 1. The molecule has 0 atom stereocenters. The van der Waals surface area contributed by atoms with Crippen molar-refractivity contribution in [2.45, 2.75) is 44.9 Å². The van der Waals surface area contributed by atoms with E-state index in [1.54, 1.807) is 20.0 Å². The van der Waals surface area contributed by atoms with Gasteiger partial charge in [-0.05, 0) is 38.8 Å². The summed E-state index contributed by atoms with van der Waals surface area (Å²) in [6.07, 6.45) is 4.72. The first-order valence-corrected chi connectivity index (χ1v) is 8.08. The molecule has 0 unspecified atom stereocenters. The Morgan fingerprint density at radius 2 is 1.70 bits per heavy atom. The molecule has 1 heterocycles. The standard InChI is InChI=1S/C17H23NO5/c1-3-22-15(20)13(16(21)23-4-2)14(19)17(9-5-6-10-17)12-8-7-11-18-12/h7-8,11,13,18H,3-6,9-10H2,1-2H3. The third-order valence-electron chi connectivity index (χ3n) is 4.35. The van der Waals surface area contributed by atoms with Gasteiger partial charge in [-0.25, -0.2) is 0 Å². The number of ether oxygens (including phenoxy) is 2. The van der Waals surface area contributed by atoms with Crippen molar-refractivity contribution in [3.05, 3.63) is 24.0 Å². The van der Waals surface area contributed by atoms with Crippen LogP contribution >= 0.6 is 0 Å². The Hall–Kier alpha value is -2.11. The van der Waals surface area contributed by atoms with Gasteiger partial charge >= 0.3 is 11.9 Å². The fourth-order valence-corrected chi connectivity index (χ4v) is 3.29. The van der Waals surface area contributed by atoms with Crippen LogP contribution in [0, 0.1) is 5.92 Å². The topological polar surface area (TPSA) is 85.5 Å². The number of nitrogens with one attached hydrogen (secondary N) is 1. The van der Waals surface area contributed by atoms with Crippen LogP contribution in [0.1, 0.15) is 45.2 Å². The second kappa shape index (κ2) is 7.44. The van der Waals surface area contributed by atoms with Gasteiger partial charge in [0.25, 0.3) is 0 Å². The number of esters is 2. The summed E-state index contributed by atoms with van der Waals surface area (Å²) in [5.41, 5.74) is -0.0909. The number of rotatable bonds is 7. The molecule has 0 spiro atoms. The van der Waals surface area contributed by atoms with Gasteiger partial charge in [-0.2, -0.15) is 0 Å². The van der Waals surface area contributed by atoms with Crippen LogP contribution in [-0.2, 0) is 29.3 Å². The van der Waals surface area contributed by atoms with Crippen LogP contribution < -0.4 is 0 Å². The predicted molar refractivity (Wildman–Crippen MR) is 82.7 cm³/mol. The van der Waals surface area contributed by atoms with Crippen LogP contribution in [0.3, 0.4) is 0 Å². The maximum atomic E-state index is 13.2. The molecule has 1 aliphatic rings. The van der Waals surface area contributed by atoms with Crippen molar-refractivity contribution in [1.29, 1.82) is 0 Å². The Morgan fingerprint density at radius 3 is 2.13 bits per heavy atom. The lowest BCUT2D eigenvalue weighted by Gasteiger charge is -2.29. The number of H-pyrrole nitrogens is 1. The van der Waals surface area contributed by atoms with Gasteiger partial charge in [0.2, 0.25) is 5.92 Å². The van der Waals surface area contributed by atoms with E-state index in [1.165, 1.54) is 0 Å². The summed E-state index contributed by atoms with van der Waals surface area (Å²) in [5.74, 6) is -3.59. The number of hydrogen-bond acceptors (Lipinski definition) is 5. The Kier molecular flexibility index (Phi) is 5.58. The zero-order chi connectivity index (χ0) is 16.9. The fraction of sp³-hybridized carbons (Fsp3) is 0.588. The molecule has 6 heteroatoms. The van der Waals surface area contributed by atoms with Gasteiger partial charge in [-0.15, -0.1) is 0 Å². The van der Waals surface area contributed by atoms with Gasteiger partial charge in [0, 0.05) is 11.9 Å². The molecule has 1 fully saturated rings. The van der Waals surface area contributed by atoms with Gasteiger partial charge in [0.1, 0.15) is 0 Å². The summed E-state index contributed by atoms with van der Waals surface area (Å²) < 4.78 is 9.89. The lowest BCUT2D eigenvalue weighted by molar-refractivity contribution is -0.165. The average molecular weight is 321 g/mol. The Morgan fingerprint density at radius 1 is 1.13 bits per heavy atom. The number of carbonyl (C=O) groups excluding carboxylic acids is 3. The average Bonchev–Trinajstić information content (AvgIpc) is 3.20. The van der Waals surface area contributed by atoms with Gasteiger partial charge in [-0.3, -0.25) is 14.4 Å². The molecule has 1 aromatic heterocycles. The molecule has 6 nitrogen and oxygen atoms in total. The largest absolute Gasteiger partial charge is 0.465 e. The number of aromatic nitrogens is 1. The molecule has 23 heavy (non-hydrogen) atoms. The maximum Gasteiger partial charge on any atom is 0.328 e. The first kappa shape index (κ1) is 17.2. The van der Waals surface area contributed by atoms with E-state index < -0.39 is 29.1 Å². The van der Waals surface area contributed by atoms with Crippen molar-refractivity contribution in [1.82, 2.24) is 4.98 Å². The van der Waals surface area contributed by atoms with E-state index in [1.807, 2.05) is 12.1 Å². The monoisotopic (exact) mass is 321 g/mol. The highest BCUT2D eigenvalue weighted by molar-refractivity contribution is 6.18. The van der Waals surface area contributed by atoms with Crippen molar-refractivity contribution in [2.75, 3.05) is 13.2 Å². The summed E-state index contributed by atoms with van der Waals surface area (Å²) >= 11 is 0.